The lowest BCUT2D eigenvalue weighted by Crippen LogP contribution is -2.34. The summed E-state index contributed by atoms with van der Waals surface area (Å²) in [6.07, 6.45) is 2.41. The normalized spacial score (nSPS) is 13.9. The molecule has 0 atom stereocenters. The van der Waals surface area contributed by atoms with E-state index >= 15 is 0 Å². The van der Waals surface area contributed by atoms with Gasteiger partial charge in [0.2, 0.25) is 17.7 Å². The summed E-state index contributed by atoms with van der Waals surface area (Å²) in [5.74, 6) is 1.18. The second kappa shape index (κ2) is 14.9. The summed E-state index contributed by atoms with van der Waals surface area (Å²) in [6, 6.07) is 16.2. The Kier molecular flexibility index (Phi) is 10.3. The van der Waals surface area contributed by atoms with Gasteiger partial charge in [-0.25, -0.2) is 0 Å². The molecule has 0 saturated carbocycles. The lowest BCUT2D eigenvalue weighted by Gasteiger charge is -2.26. The van der Waals surface area contributed by atoms with E-state index < -0.39 is 0 Å². The number of nitrogens with one attached hydrogen (secondary N) is 2. The first-order valence-corrected chi connectivity index (χ1v) is 16.9. The minimum Gasteiger partial charge on any atom is -0.377 e. The largest absolute Gasteiger partial charge is 0.377 e. The number of aryl methyl sites for hydroxylation is 3. The quantitative estimate of drug-likeness (QED) is 0.180. The van der Waals surface area contributed by atoms with Crippen molar-refractivity contribution < 1.29 is 19.1 Å². The SMILES string of the molecule is CC(=O)N1CCc2c(c(Nc3cccc(C)c3)nn2CCCOCc2cccc(Nc3nn(CCC(N)=O)c4c3CN(C(C)=O)CC4)c2)C1. The lowest BCUT2D eigenvalue weighted by molar-refractivity contribution is -0.130. The number of amides is 3. The number of rotatable bonds is 13. The lowest BCUT2D eigenvalue weighted by atomic mass is 10.1. The minimum absolute atomic E-state index is 0.0204. The molecule has 258 valence electrons. The van der Waals surface area contributed by atoms with Crippen LogP contribution in [-0.4, -0.2) is 66.8 Å². The zero-order valence-electron chi connectivity index (χ0n) is 28.5. The van der Waals surface area contributed by atoms with Gasteiger partial charge in [-0.15, -0.1) is 0 Å². The number of carbonyl (C=O) groups is 3. The van der Waals surface area contributed by atoms with Crippen LogP contribution in [0.4, 0.5) is 23.0 Å². The van der Waals surface area contributed by atoms with Crippen molar-refractivity contribution in [2.45, 2.75) is 79.2 Å². The van der Waals surface area contributed by atoms with E-state index in [1.807, 2.05) is 46.0 Å². The van der Waals surface area contributed by atoms with Crippen LogP contribution in [0.3, 0.4) is 0 Å². The van der Waals surface area contributed by atoms with Crippen LogP contribution in [0.25, 0.3) is 0 Å². The van der Waals surface area contributed by atoms with Crippen molar-refractivity contribution in [3.63, 3.8) is 0 Å². The molecule has 0 aliphatic carbocycles. The average molecular weight is 668 g/mol. The molecule has 13 heteroatoms. The Labute approximate surface area is 286 Å². The fraction of sp³-hybridized carbons (Fsp3) is 0.417. The van der Waals surface area contributed by atoms with Crippen LogP contribution in [0.2, 0.25) is 0 Å². The second-order valence-corrected chi connectivity index (χ2v) is 12.8. The maximum Gasteiger partial charge on any atom is 0.219 e. The van der Waals surface area contributed by atoms with Crippen molar-refractivity contribution in [2.75, 3.05) is 30.3 Å². The van der Waals surface area contributed by atoms with Crippen molar-refractivity contribution in [1.29, 1.82) is 0 Å². The topological polar surface area (TPSA) is 153 Å². The third-order valence-electron chi connectivity index (χ3n) is 9.13. The van der Waals surface area contributed by atoms with Crippen LogP contribution in [0.5, 0.6) is 0 Å². The monoisotopic (exact) mass is 667 g/mol. The van der Waals surface area contributed by atoms with Gasteiger partial charge in [0.25, 0.3) is 0 Å². The summed E-state index contributed by atoms with van der Waals surface area (Å²) in [6.45, 7) is 9.68. The fourth-order valence-electron chi connectivity index (χ4n) is 6.55. The predicted octanol–water partition coefficient (Wildman–Crippen LogP) is 4.17. The molecule has 13 nitrogen and oxygen atoms in total. The third kappa shape index (κ3) is 8.11. The molecule has 2 aromatic carbocycles. The van der Waals surface area contributed by atoms with Crippen molar-refractivity contribution in [2.24, 2.45) is 5.73 Å². The summed E-state index contributed by atoms with van der Waals surface area (Å²) in [4.78, 5) is 39.4. The molecule has 0 saturated heterocycles. The highest BCUT2D eigenvalue weighted by Crippen LogP contribution is 2.31. The molecule has 0 bridgehead atoms. The van der Waals surface area contributed by atoms with Gasteiger partial charge in [-0.2, -0.15) is 10.2 Å². The Morgan fingerprint density at radius 3 is 1.96 bits per heavy atom. The van der Waals surface area contributed by atoms with Crippen molar-refractivity contribution in [3.8, 4) is 0 Å². The number of fused-ring (bicyclic) bond motifs is 2. The van der Waals surface area contributed by atoms with E-state index in [1.165, 1.54) is 0 Å². The van der Waals surface area contributed by atoms with Crippen molar-refractivity contribution >= 4 is 40.7 Å². The molecule has 0 fully saturated rings. The van der Waals surface area contributed by atoms with Gasteiger partial charge in [0, 0.05) is 93.2 Å². The number of nitrogens with zero attached hydrogens (tertiary/aromatic N) is 6. The highest BCUT2D eigenvalue weighted by molar-refractivity contribution is 5.75. The third-order valence-corrected chi connectivity index (χ3v) is 9.13. The fourth-order valence-corrected chi connectivity index (χ4v) is 6.55. The molecule has 2 aliphatic heterocycles. The van der Waals surface area contributed by atoms with Gasteiger partial charge in [0.05, 0.1) is 26.2 Å². The number of hydrogen-bond donors (Lipinski definition) is 3. The zero-order chi connectivity index (χ0) is 34.5. The zero-order valence-corrected chi connectivity index (χ0v) is 28.5. The number of nitrogens with two attached hydrogens (primary N) is 1. The molecule has 4 aromatic rings. The Morgan fingerprint density at radius 2 is 1.39 bits per heavy atom. The van der Waals surface area contributed by atoms with Gasteiger partial charge in [0.1, 0.15) is 0 Å². The first-order chi connectivity index (χ1) is 23.6. The van der Waals surface area contributed by atoms with Gasteiger partial charge in [0.15, 0.2) is 11.6 Å². The highest BCUT2D eigenvalue weighted by Gasteiger charge is 2.28. The second-order valence-electron chi connectivity index (χ2n) is 12.8. The number of primary amides is 1. The van der Waals surface area contributed by atoms with E-state index in [2.05, 4.69) is 34.4 Å². The van der Waals surface area contributed by atoms with Crippen molar-refractivity contribution in [1.82, 2.24) is 29.4 Å². The molecular weight excluding hydrogens is 622 g/mol. The van der Waals surface area contributed by atoms with Crippen LogP contribution in [-0.2, 0) is 64.7 Å². The maximum atomic E-state index is 12.2. The molecule has 0 spiro atoms. The molecule has 0 unspecified atom stereocenters. The summed E-state index contributed by atoms with van der Waals surface area (Å²) < 4.78 is 10.0. The van der Waals surface area contributed by atoms with Crippen LogP contribution in [0.15, 0.2) is 48.5 Å². The standard InChI is InChI=1S/C36H45N9O4/c1-24-7-4-9-28(19-24)38-35-30-21-42(25(2)46)15-11-32(30)44(40-35)14-6-18-49-23-27-8-5-10-29(20-27)39-36-31-22-43(26(3)47)16-12-33(31)45(41-36)17-13-34(37)48/h4-5,7-10,19-20H,6,11-18,21-23H2,1-3H3,(H2,37,48)(H,38,40)(H,39,41). The molecular formula is C36H45N9O4. The minimum atomic E-state index is -0.377. The van der Waals surface area contributed by atoms with Gasteiger partial charge in [-0.1, -0.05) is 24.3 Å². The van der Waals surface area contributed by atoms with Gasteiger partial charge in [-0.05, 0) is 48.7 Å². The van der Waals surface area contributed by atoms with E-state index in [-0.39, 0.29) is 24.1 Å². The molecule has 2 aromatic heterocycles. The Balaban J connectivity index is 1.07. The van der Waals surface area contributed by atoms with Crippen LogP contribution < -0.4 is 16.4 Å². The van der Waals surface area contributed by atoms with Crippen LogP contribution >= 0.6 is 0 Å². The predicted molar refractivity (Wildman–Crippen MR) is 186 cm³/mol. The number of carbonyl (C=O) groups excluding carboxylic acids is 3. The molecule has 0 radical (unpaired) electrons. The average Bonchev–Trinajstić information content (AvgIpc) is 3.60. The van der Waals surface area contributed by atoms with E-state index in [9.17, 15) is 14.4 Å². The number of benzene rings is 2. The van der Waals surface area contributed by atoms with Gasteiger partial charge < -0.3 is 30.9 Å². The summed E-state index contributed by atoms with van der Waals surface area (Å²) in [5.41, 5.74) is 13.6. The van der Waals surface area contributed by atoms with E-state index in [0.717, 1.165) is 63.7 Å². The number of ether oxygens (including phenoxy) is 1. The van der Waals surface area contributed by atoms with Crippen molar-refractivity contribution in [3.05, 3.63) is 82.2 Å². The summed E-state index contributed by atoms with van der Waals surface area (Å²) in [5, 5.41) is 16.6. The maximum absolute atomic E-state index is 12.2. The molecule has 4 heterocycles. The van der Waals surface area contributed by atoms with Crippen LogP contribution in [0.1, 0.15) is 60.3 Å². The molecule has 49 heavy (non-hydrogen) atoms. The Hall–Kier alpha value is -5.17. The van der Waals surface area contributed by atoms with E-state index in [4.69, 9.17) is 20.7 Å². The summed E-state index contributed by atoms with van der Waals surface area (Å²) >= 11 is 0. The molecule has 3 amide bonds. The number of aromatic nitrogens is 4. The first kappa shape index (κ1) is 33.7. The molecule has 6 rings (SSSR count). The van der Waals surface area contributed by atoms with E-state index in [1.54, 1.807) is 18.7 Å². The van der Waals surface area contributed by atoms with Crippen LogP contribution in [0, 0.1) is 6.92 Å². The number of anilines is 4. The Morgan fingerprint density at radius 1 is 0.816 bits per heavy atom. The molecule has 4 N–H and O–H groups in total. The summed E-state index contributed by atoms with van der Waals surface area (Å²) in [7, 11) is 0. The molecule has 2 aliphatic rings. The van der Waals surface area contributed by atoms with Gasteiger partial charge >= 0.3 is 0 Å². The van der Waals surface area contributed by atoms with Gasteiger partial charge in [-0.3, -0.25) is 23.7 Å². The first-order valence-electron chi connectivity index (χ1n) is 16.9. The van der Waals surface area contributed by atoms with E-state index in [0.29, 0.717) is 64.7 Å². The number of hydrogen-bond acceptors (Lipinski definition) is 8. The Bertz CT molecular complexity index is 1850. The smallest absolute Gasteiger partial charge is 0.219 e. The highest BCUT2D eigenvalue weighted by atomic mass is 16.5.